The molecule has 0 amide bonds. The molecule has 1 aromatic heterocycles. The summed E-state index contributed by atoms with van der Waals surface area (Å²) in [6.07, 6.45) is 1.30. The van der Waals surface area contributed by atoms with Crippen LogP contribution in [0.3, 0.4) is 0 Å². The van der Waals surface area contributed by atoms with E-state index < -0.39 is 17.5 Å². The number of hydrogen-bond donors (Lipinski definition) is 1. The summed E-state index contributed by atoms with van der Waals surface area (Å²) in [5.74, 6) is -0.128. The van der Waals surface area contributed by atoms with Gasteiger partial charge in [0.25, 0.3) is 5.69 Å². The van der Waals surface area contributed by atoms with Crippen LogP contribution in [0.1, 0.15) is 5.82 Å². The van der Waals surface area contributed by atoms with E-state index in [1.165, 1.54) is 30.7 Å². The average molecular weight is 281 g/mol. The molecule has 106 valence electrons. The largest absolute Gasteiger partial charge is 0.482 e. The molecule has 0 unspecified atom stereocenters. The Bertz CT molecular complexity index is 552. The Morgan fingerprint density at radius 3 is 2.45 bits per heavy atom. The number of non-ortho nitro benzene ring substituents is 1. The quantitative estimate of drug-likeness (QED) is 0.658. The zero-order valence-electron chi connectivity index (χ0n) is 10.4. The van der Waals surface area contributed by atoms with Gasteiger partial charge in [0.2, 0.25) is 6.39 Å². The van der Waals surface area contributed by atoms with Gasteiger partial charge in [-0.2, -0.15) is 4.98 Å². The highest BCUT2D eigenvalue weighted by molar-refractivity contribution is 5.68. The van der Waals surface area contributed by atoms with Gasteiger partial charge >= 0.3 is 5.97 Å². The summed E-state index contributed by atoms with van der Waals surface area (Å²) in [5.41, 5.74) is -0.0623. The second-order valence-corrected chi connectivity index (χ2v) is 3.41. The third-order valence-electron chi connectivity index (χ3n) is 1.88. The predicted octanol–water partition coefficient (Wildman–Crippen LogP) is 1.44. The summed E-state index contributed by atoms with van der Waals surface area (Å²) in [6, 6.07) is 5.19. The third-order valence-corrected chi connectivity index (χ3v) is 1.88. The zero-order chi connectivity index (χ0) is 15.0. The molecule has 0 atom stereocenters. The Labute approximate surface area is 112 Å². The summed E-state index contributed by atoms with van der Waals surface area (Å²) in [6.45, 7) is 1.31. The van der Waals surface area contributed by atoms with E-state index in [1.54, 1.807) is 6.92 Å². The number of benzene rings is 1. The van der Waals surface area contributed by atoms with Gasteiger partial charge in [-0.15, -0.1) is 0 Å². The van der Waals surface area contributed by atoms with Crippen LogP contribution in [0.25, 0.3) is 0 Å². The molecule has 9 heteroatoms. The predicted molar refractivity (Wildman–Crippen MR) is 65.3 cm³/mol. The van der Waals surface area contributed by atoms with Crippen LogP contribution in [0.5, 0.6) is 5.75 Å². The van der Waals surface area contributed by atoms with Crippen molar-refractivity contribution in [3.05, 3.63) is 46.6 Å². The van der Waals surface area contributed by atoms with Gasteiger partial charge in [-0.1, -0.05) is 5.16 Å². The van der Waals surface area contributed by atoms with Gasteiger partial charge in [0.15, 0.2) is 12.4 Å². The van der Waals surface area contributed by atoms with Crippen LogP contribution in [-0.2, 0) is 4.79 Å². The lowest BCUT2D eigenvalue weighted by Crippen LogP contribution is -2.09. The van der Waals surface area contributed by atoms with Crippen LogP contribution < -0.4 is 4.74 Å². The summed E-state index contributed by atoms with van der Waals surface area (Å²) in [7, 11) is 0. The van der Waals surface area contributed by atoms with Gasteiger partial charge < -0.3 is 14.4 Å². The maximum Gasteiger partial charge on any atom is 0.341 e. The van der Waals surface area contributed by atoms with Crippen molar-refractivity contribution in [3.8, 4) is 5.75 Å². The molecule has 0 aliphatic heterocycles. The summed E-state index contributed by atoms with van der Waals surface area (Å²) < 4.78 is 9.13. The number of rotatable bonds is 4. The molecule has 0 saturated carbocycles. The van der Waals surface area contributed by atoms with Crippen molar-refractivity contribution in [1.82, 2.24) is 10.1 Å². The Morgan fingerprint density at radius 2 is 2.10 bits per heavy atom. The van der Waals surface area contributed by atoms with E-state index in [1.807, 2.05) is 0 Å². The lowest BCUT2D eigenvalue weighted by molar-refractivity contribution is -0.384. The standard InChI is InChI=1S/C8H7NO5.C3H4N2O/c10-8(11)5-14-7-3-1-6(2-4-7)9(12)13;1-3-4-2-6-5-3/h1-4H,5H2,(H,10,11);2H,1H3. The number of nitro benzene ring substituents is 1. The molecule has 0 bridgehead atoms. The van der Waals surface area contributed by atoms with Crippen LogP contribution in [0, 0.1) is 17.0 Å². The maximum atomic E-state index is 10.2. The molecule has 0 saturated heterocycles. The van der Waals surface area contributed by atoms with Crippen LogP contribution in [0.4, 0.5) is 5.69 Å². The van der Waals surface area contributed by atoms with Gasteiger partial charge in [0, 0.05) is 12.1 Å². The average Bonchev–Trinajstić information content (AvgIpc) is 2.88. The van der Waals surface area contributed by atoms with Crippen molar-refractivity contribution < 1.29 is 24.1 Å². The van der Waals surface area contributed by atoms with Gasteiger partial charge in [-0.3, -0.25) is 10.1 Å². The molecule has 1 heterocycles. The molecule has 0 aliphatic rings. The summed E-state index contributed by atoms with van der Waals surface area (Å²) >= 11 is 0. The van der Waals surface area contributed by atoms with Crippen molar-refractivity contribution in [2.75, 3.05) is 6.61 Å². The fourth-order valence-corrected chi connectivity index (χ4v) is 1.03. The highest BCUT2D eigenvalue weighted by atomic mass is 16.6. The minimum absolute atomic E-state index is 0.0623. The lowest BCUT2D eigenvalue weighted by atomic mass is 10.3. The highest BCUT2D eigenvalue weighted by Gasteiger charge is 2.05. The molecule has 1 N–H and O–H groups in total. The molecule has 0 fully saturated rings. The first kappa shape index (κ1) is 15.1. The van der Waals surface area contributed by atoms with Gasteiger partial charge in [-0.05, 0) is 19.1 Å². The molecular weight excluding hydrogens is 270 g/mol. The fraction of sp³-hybridized carbons (Fsp3) is 0.182. The molecule has 0 spiro atoms. The maximum absolute atomic E-state index is 10.2. The SMILES string of the molecule is Cc1ncon1.O=C(O)COc1ccc([N+](=O)[O-])cc1. The molecule has 0 aliphatic carbocycles. The normalized spacial score (nSPS) is 9.25. The fourth-order valence-electron chi connectivity index (χ4n) is 1.03. The molecule has 1 aromatic carbocycles. The topological polar surface area (TPSA) is 129 Å². The number of nitrogens with zero attached hydrogens (tertiary/aromatic N) is 3. The van der Waals surface area contributed by atoms with E-state index in [2.05, 4.69) is 14.7 Å². The van der Waals surface area contributed by atoms with Gasteiger partial charge in [-0.25, -0.2) is 4.79 Å². The number of hydrogen-bond acceptors (Lipinski definition) is 7. The van der Waals surface area contributed by atoms with E-state index in [9.17, 15) is 14.9 Å². The second-order valence-electron chi connectivity index (χ2n) is 3.41. The molecule has 20 heavy (non-hydrogen) atoms. The van der Waals surface area contributed by atoms with Crippen molar-refractivity contribution in [1.29, 1.82) is 0 Å². The van der Waals surface area contributed by atoms with E-state index in [4.69, 9.17) is 9.84 Å². The molecule has 2 rings (SSSR count). The Morgan fingerprint density at radius 1 is 1.45 bits per heavy atom. The van der Waals surface area contributed by atoms with E-state index >= 15 is 0 Å². The van der Waals surface area contributed by atoms with Crippen LogP contribution >= 0.6 is 0 Å². The lowest BCUT2D eigenvalue weighted by Gasteiger charge is -2.01. The number of carboxylic acids is 1. The first-order chi connectivity index (χ1) is 9.49. The van der Waals surface area contributed by atoms with E-state index in [-0.39, 0.29) is 11.4 Å². The number of carboxylic acid groups (broad SMARTS) is 1. The van der Waals surface area contributed by atoms with Crippen molar-refractivity contribution >= 4 is 11.7 Å². The van der Waals surface area contributed by atoms with Crippen LogP contribution in [0.2, 0.25) is 0 Å². The number of nitro groups is 1. The summed E-state index contributed by atoms with van der Waals surface area (Å²) in [4.78, 5) is 23.5. The molecular formula is C11H11N3O6. The van der Waals surface area contributed by atoms with Gasteiger partial charge in [0.1, 0.15) is 5.75 Å². The number of carbonyl (C=O) groups is 1. The van der Waals surface area contributed by atoms with E-state index in [0.717, 1.165) is 0 Å². The number of aromatic nitrogens is 2. The second kappa shape index (κ2) is 7.46. The van der Waals surface area contributed by atoms with Crippen molar-refractivity contribution in [2.45, 2.75) is 6.92 Å². The highest BCUT2D eigenvalue weighted by Crippen LogP contribution is 2.16. The third kappa shape index (κ3) is 5.58. The smallest absolute Gasteiger partial charge is 0.341 e. The Kier molecular flexibility index (Phi) is 5.63. The van der Waals surface area contributed by atoms with Crippen LogP contribution in [-0.4, -0.2) is 32.7 Å². The van der Waals surface area contributed by atoms with Crippen molar-refractivity contribution in [3.63, 3.8) is 0 Å². The Hall–Kier alpha value is -2.97. The summed E-state index contributed by atoms with van der Waals surface area (Å²) in [5, 5.41) is 22.0. The minimum atomic E-state index is -1.09. The Balaban J connectivity index is 0.000000276. The number of aliphatic carboxylic acids is 1. The first-order valence-corrected chi connectivity index (χ1v) is 5.31. The van der Waals surface area contributed by atoms with Gasteiger partial charge in [0.05, 0.1) is 4.92 Å². The monoisotopic (exact) mass is 281 g/mol. The minimum Gasteiger partial charge on any atom is -0.482 e. The number of aryl methyl sites for hydroxylation is 1. The first-order valence-electron chi connectivity index (χ1n) is 5.31. The van der Waals surface area contributed by atoms with Crippen molar-refractivity contribution in [2.24, 2.45) is 0 Å². The van der Waals surface area contributed by atoms with E-state index in [0.29, 0.717) is 5.82 Å². The molecule has 0 radical (unpaired) electrons. The van der Waals surface area contributed by atoms with Crippen LogP contribution in [0.15, 0.2) is 35.2 Å². The zero-order valence-corrected chi connectivity index (χ0v) is 10.4. The number of ether oxygens (including phenoxy) is 1. The molecule has 2 aromatic rings. The molecule has 9 nitrogen and oxygen atoms in total.